The van der Waals surface area contributed by atoms with Crippen LogP contribution in [0.3, 0.4) is 0 Å². The minimum atomic E-state index is -4.38. The van der Waals surface area contributed by atoms with E-state index in [1.54, 1.807) is 13.8 Å². The number of carbonyl (C=O) groups excluding carboxylic acids is 1. The zero-order valence-corrected chi connectivity index (χ0v) is 10.1. The Balaban J connectivity index is 2.94. The number of carbonyl (C=O) groups is 1. The summed E-state index contributed by atoms with van der Waals surface area (Å²) >= 11 is 0. The zero-order chi connectivity index (χ0) is 12.6. The number of hydrogen-bond acceptors (Lipinski definition) is 1. The molecule has 1 saturated carbocycles. The summed E-state index contributed by atoms with van der Waals surface area (Å²) < 4.78 is 38.9. The largest absolute Gasteiger partial charge is 0.401 e. The fraction of sp³-hybridized carbons (Fsp3) is 0.917. The van der Waals surface area contributed by atoms with Gasteiger partial charge in [0.15, 0.2) is 5.78 Å². The predicted molar refractivity (Wildman–Crippen MR) is 56.0 cm³/mol. The van der Waals surface area contributed by atoms with Crippen molar-refractivity contribution in [2.45, 2.75) is 59.1 Å². The molecule has 0 aliphatic heterocycles. The number of ketones is 1. The normalized spacial score (nSPS) is 20.4. The molecule has 0 heterocycles. The first kappa shape index (κ1) is 13.5. The summed E-state index contributed by atoms with van der Waals surface area (Å²) in [7, 11) is 0. The average Bonchev–Trinajstić information content (AvgIpc) is 1.98. The molecule has 0 spiro atoms. The van der Waals surface area contributed by atoms with E-state index in [1.807, 2.05) is 6.92 Å². The van der Waals surface area contributed by atoms with Crippen LogP contribution < -0.4 is 0 Å². The first-order valence-electron chi connectivity index (χ1n) is 5.79. The van der Waals surface area contributed by atoms with E-state index in [4.69, 9.17) is 0 Å². The topological polar surface area (TPSA) is 17.1 Å². The SMILES string of the molecule is CCCC(C)(C)C(=O)C1(C(F)(F)F)CCC1. The summed E-state index contributed by atoms with van der Waals surface area (Å²) in [5.41, 5.74) is -2.89. The van der Waals surface area contributed by atoms with Crippen LogP contribution in [-0.2, 0) is 4.79 Å². The monoisotopic (exact) mass is 236 g/mol. The van der Waals surface area contributed by atoms with Gasteiger partial charge in [-0.2, -0.15) is 13.2 Å². The maximum absolute atomic E-state index is 13.0. The number of hydrogen-bond donors (Lipinski definition) is 0. The summed E-state index contributed by atoms with van der Waals surface area (Å²) in [5.74, 6) is -0.611. The molecule has 0 unspecified atom stereocenters. The van der Waals surface area contributed by atoms with Gasteiger partial charge in [0.2, 0.25) is 0 Å². The molecule has 1 fully saturated rings. The fourth-order valence-corrected chi connectivity index (χ4v) is 2.56. The predicted octanol–water partition coefficient (Wildman–Crippen LogP) is 4.11. The lowest BCUT2D eigenvalue weighted by atomic mass is 9.59. The Bertz CT molecular complexity index is 274. The van der Waals surface area contributed by atoms with Crippen molar-refractivity contribution >= 4 is 5.78 Å². The van der Waals surface area contributed by atoms with Gasteiger partial charge in [-0.05, 0) is 19.3 Å². The molecule has 0 atom stereocenters. The Kier molecular flexibility index (Phi) is 3.42. The lowest BCUT2D eigenvalue weighted by Crippen LogP contribution is -2.54. The Labute approximate surface area is 94.4 Å². The summed E-state index contributed by atoms with van der Waals surface area (Å²) in [6.07, 6.45) is -2.68. The molecule has 0 bridgehead atoms. The maximum Gasteiger partial charge on any atom is 0.401 e. The van der Waals surface area contributed by atoms with E-state index < -0.39 is 22.8 Å². The van der Waals surface area contributed by atoms with E-state index in [-0.39, 0.29) is 12.8 Å². The van der Waals surface area contributed by atoms with Gasteiger partial charge in [0.05, 0.1) is 0 Å². The van der Waals surface area contributed by atoms with Gasteiger partial charge >= 0.3 is 6.18 Å². The Morgan fingerprint density at radius 1 is 1.25 bits per heavy atom. The van der Waals surface area contributed by atoms with Gasteiger partial charge in [-0.1, -0.05) is 33.6 Å². The van der Waals surface area contributed by atoms with Gasteiger partial charge in [0, 0.05) is 5.41 Å². The molecule has 0 radical (unpaired) electrons. The van der Waals surface area contributed by atoms with E-state index in [0.29, 0.717) is 12.8 Å². The second kappa shape index (κ2) is 4.04. The van der Waals surface area contributed by atoms with E-state index in [2.05, 4.69) is 0 Å². The van der Waals surface area contributed by atoms with E-state index in [9.17, 15) is 18.0 Å². The summed E-state index contributed by atoms with van der Waals surface area (Å²) in [5, 5.41) is 0. The van der Waals surface area contributed by atoms with Gasteiger partial charge in [0.1, 0.15) is 5.41 Å². The van der Waals surface area contributed by atoms with Crippen molar-refractivity contribution in [2.24, 2.45) is 10.8 Å². The molecule has 4 heteroatoms. The van der Waals surface area contributed by atoms with Crippen LogP contribution in [0, 0.1) is 10.8 Å². The Morgan fingerprint density at radius 3 is 2.00 bits per heavy atom. The Hall–Kier alpha value is -0.540. The third-order valence-corrected chi connectivity index (χ3v) is 3.67. The van der Waals surface area contributed by atoms with Crippen LogP contribution in [0.5, 0.6) is 0 Å². The molecule has 0 saturated heterocycles. The molecule has 0 N–H and O–H groups in total. The third-order valence-electron chi connectivity index (χ3n) is 3.67. The molecule has 1 nitrogen and oxygen atoms in total. The summed E-state index contributed by atoms with van der Waals surface area (Å²) in [6.45, 7) is 5.14. The molecular weight excluding hydrogens is 217 g/mol. The first-order valence-corrected chi connectivity index (χ1v) is 5.79. The molecule has 0 aromatic rings. The van der Waals surface area contributed by atoms with Crippen molar-refractivity contribution in [1.82, 2.24) is 0 Å². The minimum absolute atomic E-state index is 0.0253. The number of rotatable bonds is 4. The van der Waals surface area contributed by atoms with E-state index >= 15 is 0 Å². The van der Waals surface area contributed by atoms with Crippen LogP contribution in [0.4, 0.5) is 13.2 Å². The second-order valence-corrected chi connectivity index (χ2v) is 5.40. The highest BCUT2D eigenvalue weighted by atomic mass is 19.4. The molecule has 0 amide bonds. The van der Waals surface area contributed by atoms with Crippen LogP contribution in [0.25, 0.3) is 0 Å². The van der Waals surface area contributed by atoms with Gasteiger partial charge in [-0.15, -0.1) is 0 Å². The highest BCUT2D eigenvalue weighted by molar-refractivity contribution is 5.91. The van der Waals surface area contributed by atoms with Crippen molar-refractivity contribution in [2.75, 3.05) is 0 Å². The molecule has 16 heavy (non-hydrogen) atoms. The molecule has 1 aliphatic rings. The fourth-order valence-electron chi connectivity index (χ4n) is 2.56. The Morgan fingerprint density at radius 2 is 1.75 bits per heavy atom. The molecule has 0 aromatic carbocycles. The third kappa shape index (κ3) is 1.98. The van der Waals surface area contributed by atoms with Crippen molar-refractivity contribution < 1.29 is 18.0 Å². The molecule has 0 aromatic heterocycles. The van der Waals surface area contributed by atoms with Crippen molar-refractivity contribution in [3.05, 3.63) is 0 Å². The van der Waals surface area contributed by atoms with Crippen LogP contribution in [0.2, 0.25) is 0 Å². The van der Waals surface area contributed by atoms with Gasteiger partial charge in [-0.3, -0.25) is 4.79 Å². The van der Waals surface area contributed by atoms with E-state index in [0.717, 1.165) is 6.42 Å². The van der Waals surface area contributed by atoms with Crippen LogP contribution >= 0.6 is 0 Å². The molecule has 1 rings (SSSR count). The summed E-state index contributed by atoms with van der Waals surface area (Å²) in [4.78, 5) is 12.1. The molecule has 1 aliphatic carbocycles. The minimum Gasteiger partial charge on any atom is -0.298 e. The van der Waals surface area contributed by atoms with Crippen molar-refractivity contribution in [1.29, 1.82) is 0 Å². The zero-order valence-electron chi connectivity index (χ0n) is 10.1. The highest BCUT2D eigenvalue weighted by Gasteiger charge is 2.65. The highest BCUT2D eigenvalue weighted by Crippen LogP contribution is 2.56. The second-order valence-electron chi connectivity index (χ2n) is 5.40. The van der Waals surface area contributed by atoms with Crippen LogP contribution in [0.15, 0.2) is 0 Å². The van der Waals surface area contributed by atoms with Crippen LogP contribution in [0.1, 0.15) is 52.9 Å². The van der Waals surface area contributed by atoms with Crippen molar-refractivity contribution in [3.63, 3.8) is 0 Å². The van der Waals surface area contributed by atoms with Gasteiger partial charge in [0.25, 0.3) is 0 Å². The standard InChI is InChI=1S/C12H19F3O/c1-4-6-10(2,3)9(16)11(7-5-8-11)12(13,14)15/h4-8H2,1-3H3. The lowest BCUT2D eigenvalue weighted by Gasteiger charge is -2.45. The quantitative estimate of drug-likeness (QED) is 0.717. The lowest BCUT2D eigenvalue weighted by molar-refractivity contribution is -0.246. The average molecular weight is 236 g/mol. The van der Waals surface area contributed by atoms with Crippen molar-refractivity contribution in [3.8, 4) is 0 Å². The van der Waals surface area contributed by atoms with E-state index in [1.165, 1.54) is 0 Å². The number of Topliss-reactive ketones (excluding diaryl/α,β-unsaturated/α-hetero) is 1. The van der Waals surface area contributed by atoms with Gasteiger partial charge in [-0.25, -0.2) is 0 Å². The maximum atomic E-state index is 13.0. The number of halogens is 3. The molecular formula is C12H19F3O. The first-order chi connectivity index (χ1) is 7.17. The molecule has 94 valence electrons. The summed E-state index contributed by atoms with van der Waals surface area (Å²) in [6, 6.07) is 0. The smallest absolute Gasteiger partial charge is 0.298 e. The van der Waals surface area contributed by atoms with Gasteiger partial charge < -0.3 is 0 Å². The number of alkyl halides is 3. The van der Waals surface area contributed by atoms with Crippen LogP contribution in [-0.4, -0.2) is 12.0 Å².